The Balaban J connectivity index is 1.94. The van der Waals surface area contributed by atoms with Crippen LogP contribution in [0.3, 0.4) is 0 Å². The molecule has 20 heavy (non-hydrogen) atoms. The van der Waals surface area contributed by atoms with Gasteiger partial charge in [-0.3, -0.25) is 4.79 Å². The van der Waals surface area contributed by atoms with E-state index in [1.54, 1.807) is 11.8 Å². The number of nitrogens with one attached hydrogen (secondary N) is 1. The fourth-order valence-corrected chi connectivity index (χ4v) is 2.78. The second-order valence-electron chi connectivity index (χ2n) is 4.57. The van der Waals surface area contributed by atoms with E-state index in [1.165, 1.54) is 5.56 Å². The molecule has 0 saturated carbocycles. The largest absolute Gasteiger partial charge is 0.325 e. The first kappa shape index (κ1) is 15.1. The Morgan fingerprint density at radius 2 is 1.70 bits per heavy atom. The van der Waals surface area contributed by atoms with Gasteiger partial charge >= 0.3 is 0 Å². The number of halogens is 1. The molecule has 0 radical (unpaired) electrons. The topological polar surface area (TPSA) is 29.1 Å². The van der Waals surface area contributed by atoms with Crippen LogP contribution in [-0.2, 0) is 4.79 Å². The molecule has 0 aliphatic rings. The van der Waals surface area contributed by atoms with Crippen molar-refractivity contribution in [3.8, 4) is 0 Å². The van der Waals surface area contributed by atoms with E-state index in [-0.39, 0.29) is 11.2 Å². The third kappa shape index (κ3) is 4.39. The second kappa shape index (κ2) is 6.95. The van der Waals surface area contributed by atoms with Crippen LogP contribution in [0, 0.1) is 6.92 Å². The summed E-state index contributed by atoms with van der Waals surface area (Å²) in [6.07, 6.45) is 0. The molecule has 1 amide bonds. The highest BCUT2D eigenvalue weighted by atomic mass is 79.9. The van der Waals surface area contributed by atoms with Crippen LogP contribution in [0.25, 0.3) is 0 Å². The van der Waals surface area contributed by atoms with Gasteiger partial charge in [-0.15, -0.1) is 11.8 Å². The fraction of sp³-hybridized carbons (Fsp3) is 0.188. The molecule has 0 unspecified atom stereocenters. The van der Waals surface area contributed by atoms with Gasteiger partial charge in [-0.05, 0) is 50.2 Å². The van der Waals surface area contributed by atoms with E-state index in [9.17, 15) is 4.79 Å². The first-order valence-corrected chi connectivity index (χ1v) is 8.01. The maximum atomic E-state index is 12.1. The highest BCUT2D eigenvalue weighted by molar-refractivity contribution is 9.10. The summed E-state index contributed by atoms with van der Waals surface area (Å²) in [4.78, 5) is 13.2. The molecule has 2 aromatic carbocycles. The molecule has 1 atom stereocenters. The summed E-state index contributed by atoms with van der Waals surface area (Å²) >= 11 is 4.94. The molecular formula is C16H16BrNOS. The summed E-state index contributed by atoms with van der Waals surface area (Å²) in [5.74, 6) is 0.0119. The van der Waals surface area contributed by atoms with Gasteiger partial charge < -0.3 is 5.32 Å². The number of rotatable bonds is 4. The van der Waals surface area contributed by atoms with E-state index in [2.05, 4.69) is 40.3 Å². The quantitative estimate of drug-likeness (QED) is 0.797. The minimum absolute atomic E-state index is 0.0119. The maximum Gasteiger partial charge on any atom is 0.237 e. The summed E-state index contributed by atoms with van der Waals surface area (Å²) in [5, 5.41) is 2.78. The first-order chi connectivity index (χ1) is 9.54. The van der Waals surface area contributed by atoms with Crippen molar-refractivity contribution in [2.75, 3.05) is 5.32 Å². The second-order valence-corrected chi connectivity index (χ2v) is 6.90. The van der Waals surface area contributed by atoms with Gasteiger partial charge in [0.15, 0.2) is 0 Å². The van der Waals surface area contributed by atoms with Crippen molar-refractivity contribution in [1.29, 1.82) is 0 Å². The maximum absolute atomic E-state index is 12.1. The van der Waals surface area contributed by atoms with Gasteiger partial charge in [-0.1, -0.05) is 33.6 Å². The molecule has 1 N–H and O–H groups in total. The van der Waals surface area contributed by atoms with Crippen molar-refractivity contribution >= 4 is 39.3 Å². The third-order valence-corrected chi connectivity index (χ3v) is 4.46. The van der Waals surface area contributed by atoms with Gasteiger partial charge in [0.1, 0.15) is 0 Å². The molecule has 104 valence electrons. The molecule has 2 nitrogen and oxygen atoms in total. The van der Waals surface area contributed by atoms with E-state index in [4.69, 9.17) is 0 Å². The number of anilines is 1. The van der Waals surface area contributed by atoms with Crippen molar-refractivity contribution in [2.24, 2.45) is 0 Å². The average Bonchev–Trinajstić information content (AvgIpc) is 2.44. The molecule has 2 aromatic rings. The van der Waals surface area contributed by atoms with E-state index in [1.807, 2.05) is 43.3 Å². The number of amides is 1. The van der Waals surface area contributed by atoms with E-state index in [0.29, 0.717) is 0 Å². The number of thioether (sulfide) groups is 1. The predicted octanol–water partition coefficient (Wildman–Crippen LogP) is 4.88. The van der Waals surface area contributed by atoms with Gasteiger partial charge in [0, 0.05) is 15.1 Å². The molecule has 0 spiro atoms. The summed E-state index contributed by atoms with van der Waals surface area (Å²) in [5.41, 5.74) is 2.04. The third-order valence-electron chi connectivity index (χ3n) is 2.81. The van der Waals surface area contributed by atoms with Gasteiger partial charge in [-0.2, -0.15) is 0 Å². The Kier molecular flexibility index (Phi) is 5.26. The lowest BCUT2D eigenvalue weighted by molar-refractivity contribution is -0.115. The molecule has 0 aromatic heterocycles. The highest BCUT2D eigenvalue weighted by Crippen LogP contribution is 2.24. The standard InChI is InChI=1S/C16H16BrNOS/c1-11-3-9-15(10-4-11)20-12(2)16(19)18-14-7-5-13(17)6-8-14/h3-10,12H,1-2H3,(H,18,19)/t12-/m1/s1. The van der Waals surface area contributed by atoms with Crippen LogP contribution in [0.15, 0.2) is 57.9 Å². The molecule has 0 heterocycles. The Labute approximate surface area is 132 Å². The van der Waals surface area contributed by atoms with Gasteiger partial charge in [0.2, 0.25) is 5.91 Å². The SMILES string of the molecule is Cc1ccc(S[C@H](C)C(=O)Nc2ccc(Br)cc2)cc1. The zero-order valence-electron chi connectivity index (χ0n) is 11.4. The lowest BCUT2D eigenvalue weighted by Gasteiger charge is -2.12. The van der Waals surface area contributed by atoms with Crippen molar-refractivity contribution in [3.05, 3.63) is 58.6 Å². The van der Waals surface area contributed by atoms with Gasteiger partial charge in [0.05, 0.1) is 5.25 Å². The van der Waals surface area contributed by atoms with Crippen LogP contribution in [0.1, 0.15) is 12.5 Å². The minimum Gasteiger partial charge on any atom is -0.325 e. The normalized spacial score (nSPS) is 11.9. The van der Waals surface area contributed by atoms with Crippen molar-refractivity contribution in [1.82, 2.24) is 0 Å². The Morgan fingerprint density at radius 3 is 2.30 bits per heavy atom. The van der Waals surface area contributed by atoms with E-state index >= 15 is 0 Å². The summed E-state index contributed by atoms with van der Waals surface area (Å²) < 4.78 is 0.998. The molecule has 0 saturated heterocycles. The Hall–Kier alpha value is -1.26. The molecule has 0 bridgehead atoms. The monoisotopic (exact) mass is 349 g/mol. The lowest BCUT2D eigenvalue weighted by Crippen LogP contribution is -2.22. The molecule has 0 aliphatic carbocycles. The molecular weight excluding hydrogens is 334 g/mol. The van der Waals surface area contributed by atoms with E-state index < -0.39 is 0 Å². The predicted molar refractivity (Wildman–Crippen MR) is 89.3 cm³/mol. The number of aryl methyl sites for hydroxylation is 1. The van der Waals surface area contributed by atoms with E-state index in [0.717, 1.165) is 15.1 Å². The minimum atomic E-state index is -0.138. The van der Waals surface area contributed by atoms with Crippen LogP contribution in [-0.4, -0.2) is 11.2 Å². The summed E-state index contributed by atoms with van der Waals surface area (Å²) in [6, 6.07) is 15.8. The number of hydrogen-bond donors (Lipinski definition) is 1. The number of carbonyl (C=O) groups is 1. The summed E-state index contributed by atoms with van der Waals surface area (Å²) in [6.45, 7) is 3.97. The van der Waals surface area contributed by atoms with Gasteiger partial charge in [-0.25, -0.2) is 0 Å². The van der Waals surface area contributed by atoms with Crippen LogP contribution >= 0.6 is 27.7 Å². The summed E-state index contributed by atoms with van der Waals surface area (Å²) in [7, 11) is 0. The Bertz CT molecular complexity index is 580. The van der Waals surface area contributed by atoms with Crippen LogP contribution in [0.5, 0.6) is 0 Å². The lowest BCUT2D eigenvalue weighted by atomic mass is 10.2. The Morgan fingerprint density at radius 1 is 1.10 bits per heavy atom. The number of carbonyl (C=O) groups excluding carboxylic acids is 1. The van der Waals surface area contributed by atoms with Gasteiger partial charge in [0.25, 0.3) is 0 Å². The first-order valence-electron chi connectivity index (χ1n) is 6.34. The molecule has 4 heteroatoms. The molecule has 2 rings (SSSR count). The average molecular weight is 350 g/mol. The van der Waals surface area contributed by atoms with Crippen molar-refractivity contribution in [2.45, 2.75) is 24.0 Å². The number of hydrogen-bond acceptors (Lipinski definition) is 2. The van der Waals surface area contributed by atoms with Crippen LogP contribution in [0.2, 0.25) is 0 Å². The fourth-order valence-electron chi connectivity index (χ4n) is 1.65. The van der Waals surface area contributed by atoms with Crippen molar-refractivity contribution < 1.29 is 4.79 Å². The molecule has 0 fully saturated rings. The number of benzene rings is 2. The molecule has 0 aliphatic heterocycles. The smallest absolute Gasteiger partial charge is 0.237 e. The zero-order valence-corrected chi connectivity index (χ0v) is 13.8. The van der Waals surface area contributed by atoms with Crippen LogP contribution < -0.4 is 5.32 Å². The zero-order chi connectivity index (χ0) is 14.5. The van der Waals surface area contributed by atoms with Crippen LogP contribution in [0.4, 0.5) is 5.69 Å². The highest BCUT2D eigenvalue weighted by Gasteiger charge is 2.14. The van der Waals surface area contributed by atoms with Crippen molar-refractivity contribution in [3.63, 3.8) is 0 Å².